The second kappa shape index (κ2) is 6.47. The van der Waals surface area contributed by atoms with E-state index >= 15 is 0 Å². The lowest BCUT2D eigenvalue weighted by molar-refractivity contribution is -0.149. The molecule has 6 nitrogen and oxygen atoms in total. The minimum absolute atomic E-state index is 0.152. The minimum Gasteiger partial charge on any atom is -0.339 e. The molecule has 0 radical (unpaired) electrons. The zero-order valence-corrected chi connectivity index (χ0v) is 14.7. The van der Waals surface area contributed by atoms with E-state index in [2.05, 4.69) is 20.1 Å². The summed E-state index contributed by atoms with van der Waals surface area (Å²) < 4.78 is 4.81. The van der Waals surface area contributed by atoms with Crippen LogP contribution >= 0.6 is 0 Å². The van der Waals surface area contributed by atoms with Gasteiger partial charge in [-0.05, 0) is 45.6 Å². The zero-order valence-electron chi connectivity index (χ0n) is 14.7. The van der Waals surface area contributed by atoms with Crippen LogP contribution in [0, 0.1) is 12.3 Å². The third-order valence-corrected chi connectivity index (χ3v) is 6.34. The molecule has 3 aliphatic rings. The Bertz CT molecular complexity index is 596. The van der Waals surface area contributed by atoms with Crippen molar-refractivity contribution < 1.29 is 9.42 Å². The summed E-state index contributed by atoms with van der Waals surface area (Å²) in [6.45, 7) is 5.47. The van der Waals surface area contributed by atoms with E-state index in [4.69, 9.17) is 4.63 Å². The highest BCUT2D eigenvalue weighted by atomic mass is 16.6. The Hall–Kier alpha value is -1.43. The molecule has 1 atom stereocenters. The van der Waals surface area contributed by atoms with Crippen LogP contribution in [0.25, 0.3) is 0 Å². The van der Waals surface area contributed by atoms with Crippen molar-refractivity contribution in [3.63, 3.8) is 0 Å². The number of hydrogen-bond acceptors (Lipinski definition) is 5. The normalized spacial score (nSPS) is 29.7. The van der Waals surface area contributed by atoms with Crippen molar-refractivity contribution in [3.8, 4) is 0 Å². The molecule has 0 bridgehead atoms. The molecule has 2 aliphatic heterocycles. The molecule has 4 rings (SSSR count). The maximum Gasteiger partial charge on any atom is 0.230 e. The number of nitrogens with zero attached hydrogens (tertiary/aromatic N) is 4. The quantitative estimate of drug-likeness (QED) is 0.851. The van der Waals surface area contributed by atoms with Crippen LogP contribution in [0.2, 0.25) is 0 Å². The summed E-state index contributed by atoms with van der Waals surface area (Å²) in [4.78, 5) is 17.9. The molecule has 2 saturated heterocycles. The third kappa shape index (κ3) is 2.85. The Labute approximate surface area is 143 Å². The fraction of sp³-hybridized carbons (Fsp3) is 0.833. The van der Waals surface area contributed by atoms with Crippen LogP contribution in [0.1, 0.15) is 62.8 Å². The average Bonchev–Trinajstić information content (AvgIpc) is 3.19. The standard InChI is InChI=1S/C18H28N4O2/c1-14-16(20-24-19-14)12-21-11-9-18(13-21)8-5-10-22(17(18)23)15-6-3-2-4-7-15/h15H,2-13H2,1H3/t18-/m1/s1. The number of amides is 1. The number of likely N-dealkylation sites (tertiary alicyclic amines) is 2. The molecule has 1 amide bonds. The van der Waals surface area contributed by atoms with Gasteiger partial charge < -0.3 is 4.90 Å². The van der Waals surface area contributed by atoms with Crippen LogP contribution in [-0.4, -0.2) is 51.7 Å². The van der Waals surface area contributed by atoms with Crippen LogP contribution in [0.4, 0.5) is 0 Å². The number of aromatic nitrogens is 2. The molecule has 3 fully saturated rings. The van der Waals surface area contributed by atoms with E-state index in [1.54, 1.807) is 0 Å². The molecule has 1 saturated carbocycles. The van der Waals surface area contributed by atoms with Crippen LogP contribution in [0.3, 0.4) is 0 Å². The Balaban J connectivity index is 1.44. The minimum atomic E-state index is -0.152. The highest BCUT2D eigenvalue weighted by Crippen LogP contribution is 2.42. The molecule has 1 spiro atoms. The first kappa shape index (κ1) is 16.1. The lowest BCUT2D eigenvalue weighted by atomic mass is 9.77. The summed E-state index contributed by atoms with van der Waals surface area (Å²) in [5.74, 6) is 0.429. The van der Waals surface area contributed by atoms with Crippen molar-refractivity contribution >= 4 is 5.91 Å². The fourth-order valence-corrected chi connectivity index (χ4v) is 4.92. The lowest BCUT2D eigenvalue weighted by Gasteiger charge is -2.44. The van der Waals surface area contributed by atoms with E-state index < -0.39 is 0 Å². The van der Waals surface area contributed by atoms with E-state index in [1.807, 2.05) is 6.92 Å². The Morgan fingerprint density at radius 2 is 1.96 bits per heavy atom. The molecule has 0 unspecified atom stereocenters. The highest BCUT2D eigenvalue weighted by molar-refractivity contribution is 5.84. The maximum absolute atomic E-state index is 13.3. The van der Waals surface area contributed by atoms with E-state index in [9.17, 15) is 4.79 Å². The van der Waals surface area contributed by atoms with Crippen LogP contribution < -0.4 is 0 Å². The largest absolute Gasteiger partial charge is 0.339 e. The number of aryl methyl sites for hydroxylation is 1. The predicted molar refractivity (Wildman–Crippen MR) is 89.2 cm³/mol. The van der Waals surface area contributed by atoms with E-state index in [0.717, 1.165) is 56.8 Å². The molecule has 1 aliphatic carbocycles. The van der Waals surface area contributed by atoms with E-state index in [0.29, 0.717) is 11.9 Å². The fourth-order valence-electron chi connectivity index (χ4n) is 4.92. The summed E-state index contributed by atoms with van der Waals surface area (Å²) in [5, 5.41) is 7.86. The van der Waals surface area contributed by atoms with Gasteiger partial charge in [0.25, 0.3) is 0 Å². The summed E-state index contributed by atoms with van der Waals surface area (Å²) in [5.41, 5.74) is 1.61. The van der Waals surface area contributed by atoms with Gasteiger partial charge in [0.05, 0.1) is 5.41 Å². The van der Waals surface area contributed by atoms with Gasteiger partial charge in [-0.1, -0.05) is 29.6 Å². The molecule has 3 heterocycles. The first-order valence-electron chi connectivity index (χ1n) is 9.49. The van der Waals surface area contributed by atoms with Gasteiger partial charge in [0.1, 0.15) is 11.4 Å². The maximum atomic E-state index is 13.3. The van der Waals surface area contributed by atoms with Gasteiger partial charge in [0, 0.05) is 25.7 Å². The Morgan fingerprint density at radius 1 is 1.12 bits per heavy atom. The summed E-state index contributed by atoms with van der Waals surface area (Å²) in [6, 6.07) is 0.499. The molecule has 0 aromatic carbocycles. The summed E-state index contributed by atoms with van der Waals surface area (Å²) in [6.07, 6.45) is 9.49. The summed E-state index contributed by atoms with van der Waals surface area (Å²) in [7, 11) is 0. The molecular weight excluding hydrogens is 304 g/mol. The van der Waals surface area contributed by atoms with Crippen molar-refractivity contribution in [3.05, 3.63) is 11.4 Å². The van der Waals surface area contributed by atoms with Crippen molar-refractivity contribution in [2.75, 3.05) is 19.6 Å². The van der Waals surface area contributed by atoms with E-state index in [1.165, 1.54) is 32.1 Å². The predicted octanol–water partition coefficient (Wildman–Crippen LogP) is 2.53. The topological polar surface area (TPSA) is 62.5 Å². The Kier molecular flexibility index (Phi) is 4.33. The highest BCUT2D eigenvalue weighted by Gasteiger charge is 2.49. The smallest absolute Gasteiger partial charge is 0.230 e. The van der Waals surface area contributed by atoms with Gasteiger partial charge in [-0.25, -0.2) is 4.63 Å². The number of rotatable bonds is 3. The molecule has 24 heavy (non-hydrogen) atoms. The number of piperidine rings is 1. The molecule has 1 aromatic rings. The third-order valence-electron chi connectivity index (χ3n) is 6.34. The average molecular weight is 332 g/mol. The SMILES string of the molecule is Cc1nonc1CN1CC[C@]2(CCCN(C3CCCCC3)C2=O)C1. The van der Waals surface area contributed by atoms with Crippen molar-refractivity contribution in [1.29, 1.82) is 0 Å². The number of carbonyl (C=O) groups is 1. The van der Waals surface area contributed by atoms with E-state index in [-0.39, 0.29) is 5.41 Å². The van der Waals surface area contributed by atoms with Gasteiger partial charge in [0.2, 0.25) is 5.91 Å². The van der Waals surface area contributed by atoms with Gasteiger partial charge in [0.15, 0.2) is 0 Å². The number of hydrogen-bond donors (Lipinski definition) is 0. The lowest BCUT2D eigenvalue weighted by Crippen LogP contribution is -2.54. The number of carbonyl (C=O) groups excluding carboxylic acids is 1. The van der Waals surface area contributed by atoms with Crippen LogP contribution in [0.15, 0.2) is 4.63 Å². The van der Waals surface area contributed by atoms with Crippen molar-refractivity contribution in [1.82, 2.24) is 20.1 Å². The Morgan fingerprint density at radius 3 is 2.71 bits per heavy atom. The van der Waals surface area contributed by atoms with Crippen molar-refractivity contribution in [2.24, 2.45) is 5.41 Å². The first-order valence-corrected chi connectivity index (χ1v) is 9.49. The van der Waals surface area contributed by atoms with Gasteiger partial charge in [-0.3, -0.25) is 9.69 Å². The zero-order chi connectivity index (χ0) is 16.6. The molecule has 1 aromatic heterocycles. The molecule has 6 heteroatoms. The van der Waals surface area contributed by atoms with Gasteiger partial charge >= 0.3 is 0 Å². The van der Waals surface area contributed by atoms with Crippen LogP contribution in [-0.2, 0) is 11.3 Å². The molecule has 0 N–H and O–H groups in total. The second-order valence-corrected chi connectivity index (χ2v) is 7.93. The van der Waals surface area contributed by atoms with Gasteiger partial charge in [-0.15, -0.1) is 0 Å². The second-order valence-electron chi connectivity index (χ2n) is 7.93. The van der Waals surface area contributed by atoms with Crippen molar-refractivity contribution in [2.45, 2.75) is 70.9 Å². The van der Waals surface area contributed by atoms with Gasteiger partial charge in [-0.2, -0.15) is 0 Å². The molecular formula is C18H28N4O2. The van der Waals surface area contributed by atoms with Crippen LogP contribution in [0.5, 0.6) is 0 Å². The molecule has 132 valence electrons. The monoisotopic (exact) mass is 332 g/mol. The summed E-state index contributed by atoms with van der Waals surface area (Å²) >= 11 is 0. The first-order chi connectivity index (χ1) is 11.7.